The fourth-order valence-electron chi connectivity index (χ4n) is 2.38. The van der Waals surface area contributed by atoms with Crippen molar-refractivity contribution >= 4 is 17.5 Å². The van der Waals surface area contributed by atoms with Crippen LogP contribution in [-0.2, 0) is 4.74 Å². The second kappa shape index (κ2) is 6.37. The second-order valence-corrected chi connectivity index (χ2v) is 6.67. The Morgan fingerprint density at radius 3 is 2.43 bits per heavy atom. The fraction of sp³-hybridized carbons (Fsp3) is 0.588. The molecule has 0 spiro atoms. The maximum Gasteiger partial charge on any atom is 0.412 e. The molecule has 1 atom stereocenters. The lowest BCUT2D eigenvalue weighted by Gasteiger charge is -2.22. The van der Waals surface area contributed by atoms with Gasteiger partial charge in [-0.1, -0.05) is 19.1 Å². The molecule has 1 aliphatic rings. The van der Waals surface area contributed by atoms with E-state index in [2.05, 4.69) is 17.6 Å². The Morgan fingerprint density at radius 1 is 1.29 bits per heavy atom. The molecule has 0 saturated heterocycles. The molecule has 1 aromatic carbocycles. The smallest absolute Gasteiger partial charge is 0.412 e. The highest BCUT2D eigenvalue weighted by Crippen LogP contribution is 2.36. The molecule has 1 amide bonds. The predicted molar refractivity (Wildman–Crippen MR) is 86.7 cm³/mol. The maximum absolute atomic E-state index is 11.9. The number of ether oxygens (including phenoxy) is 1. The second-order valence-electron chi connectivity index (χ2n) is 6.67. The van der Waals surface area contributed by atoms with Gasteiger partial charge in [0.05, 0.1) is 11.4 Å². The third kappa shape index (κ3) is 4.96. The van der Waals surface area contributed by atoms with Crippen LogP contribution in [0.5, 0.6) is 0 Å². The Labute approximate surface area is 127 Å². The zero-order chi connectivity index (χ0) is 15.5. The van der Waals surface area contributed by atoms with Gasteiger partial charge in [0.1, 0.15) is 5.60 Å². The molecule has 4 heteroatoms. The number of benzene rings is 1. The molecule has 1 fully saturated rings. The molecular weight excluding hydrogens is 264 g/mol. The predicted octanol–water partition coefficient (Wildman–Crippen LogP) is 4.63. The van der Waals surface area contributed by atoms with E-state index in [1.165, 1.54) is 12.8 Å². The SMILES string of the molecule is CCC(Nc1ccccc1NC(=O)OC(C)(C)C)C1CC1. The fourth-order valence-corrected chi connectivity index (χ4v) is 2.38. The minimum absolute atomic E-state index is 0.420. The van der Waals surface area contributed by atoms with E-state index < -0.39 is 11.7 Å². The topological polar surface area (TPSA) is 50.4 Å². The molecule has 0 aliphatic heterocycles. The van der Waals surface area contributed by atoms with Crippen LogP contribution in [-0.4, -0.2) is 17.7 Å². The highest BCUT2D eigenvalue weighted by Gasteiger charge is 2.30. The minimum Gasteiger partial charge on any atom is -0.444 e. The zero-order valence-electron chi connectivity index (χ0n) is 13.4. The van der Waals surface area contributed by atoms with Crippen molar-refractivity contribution in [3.05, 3.63) is 24.3 Å². The molecule has 2 N–H and O–H groups in total. The molecule has 1 unspecified atom stereocenters. The van der Waals surface area contributed by atoms with Crippen LogP contribution in [0.4, 0.5) is 16.2 Å². The van der Waals surface area contributed by atoms with Gasteiger partial charge >= 0.3 is 6.09 Å². The first kappa shape index (κ1) is 15.7. The van der Waals surface area contributed by atoms with Crippen LogP contribution in [0.2, 0.25) is 0 Å². The van der Waals surface area contributed by atoms with Gasteiger partial charge in [0, 0.05) is 6.04 Å². The Morgan fingerprint density at radius 2 is 1.90 bits per heavy atom. The summed E-state index contributed by atoms with van der Waals surface area (Å²) in [6.45, 7) is 7.77. The average molecular weight is 290 g/mol. The van der Waals surface area contributed by atoms with Gasteiger partial charge in [-0.3, -0.25) is 5.32 Å². The lowest BCUT2D eigenvalue weighted by atomic mass is 10.1. The summed E-state index contributed by atoms with van der Waals surface area (Å²) in [5.41, 5.74) is 1.24. The van der Waals surface area contributed by atoms with Crippen LogP contribution in [0.25, 0.3) is 0 Å². The van der Waals surface area contributed by atoms with Crippen molar-refractivity contribution in [3.8, 4) is 0 Å². The third-order valence-electron chi connectivity index (χ3n) is 3.53. The molecule has 2 rings (SSSR count). The largest absolute Gasteiger partial charge is 0.444 e. The molecule has 0 radical (unpaired) electrons. The lowest BCUT2D eigenvalue weighted by molar-refractivity contribution is 0.0636. The number of carbonyl (C=O) groups is 1. The molecular formula is C17H26N2O2. The van der Waals surface area contributed by atoms with Crippen LogP contribution in [0.1, 0.15) is 47.0 Å². The highest BCUT2D eigenvalue weighted by molar-refractivity contribution is 5.89. The molecule has 4 nitrogen and oxygen atoms in total. The van der Waals surface area contributed by atoms with E-state index in [1.807, 2.05) is 45.0 Å². The summed E-state index contributed by atoms with van der Waals surface area (Å²) >= 11 is 0. The maximum atomic E-state index is 11.9. The Balaban J connectivity index is 2.04. The summed E-state index contributed by atoms with van der Waals surface area (Å²) < 4.78 is 5.31. The van der Waals surface area contributed by atoms with E-state index in [0.717, 1.165) is 23.7 Å². The molecule has 0 bridgehead atoms. The normalized spacial score (nSPS) is 16.2. The first-order valence-electron chi connectivity index (χ1n) is 7.74. The Kier molecular flexibility index (Phi) is 4.76. The summed E-state index contributed by atoms with van der Waals surface area (Å²) in [6, 6.07) is 8.26. The van der Waals surface area contributed by atoms with Crippen molar-refractivity contribution in [2.45, 2.75) is 58.6 Å². The molecule has 21 heavy (non-hydrogen) atoms. The van der Waals surface area contributed by atoms with Crippen LogP contribution >= 0.6 is 0 Å². The van der Waals surface area contributed by atoms with Gasteiger partial charge in [0.15, 0.2) is 0 Å². The van der Waals surface area contributed by atoms with E-state index in [4.69, 9.17) is 4.74 Å². The molecule has 0 heterocycles. The Hall–Kier alpha value is -1.71. The quantitative estimate of drug-likeness (QED) is 0.831. The van der Waals surface area contributed by atoms with Crippen molar-refractivity contribution < 1.29 is 9.53 Å². The Bertz CT molecular complexity index is 490. The van der Waals surface area contributed by atoms with Gasteiger partial charge in [-0.2, -0.15) is 0 Å². The number of carbonyl (C=O) groups excluding carboxylic acids is 1. The van der Waals surface area contributed by atoms with Crippen molar-refractivity contribution in [1.82, 2.24) is 0 Å². The monoisotopic (exact) mass is 290 g/mol. The van der Waals surface area contributed by atoms with E-state index in [1.54, 1.807) is 0 Å². The summed E-state index contributed by atoms with van der Waals surface area (Å²) in [6.07, 6.45) is 3.27. The molecule has 1 saturated carbocycles. The minimum atomic E-state index is -0.494. The molecule has 1 aromatic rings. The summed E-state index contributed by atoms with van der Waals surface area (Å²) in [7, 11) is 0. The standard InChI is InChI=1S/C17H26N2O2/c1-5-13(12-10-11-12)18-14-8-6-7-9-15(14)19-16(20)21-17(2,3)4/h6-9,12-13,18H,5,10-11H2,1-4H3,(H,19,20). The number of anilines is 2. The molecule has 0 aromatic heterocycles. The van der Waals surface area contributed by atoms with Crippen molar-refractivity contribution in [2.75, 3.05) is 10.6 Å². The van der Waals surface area contributed by atoms with E-state index in [0.29, 0.717) is 6.04 Å². The summed E-state index contributed by atoms with van der Waals surface area (Å²) in [4.78, 5) is 11.9. The molecule has 1 aliphatic carbocycles. The number of nitrogens with one attached hydrogen (secondary N) is 2. The first-order chi connectivity index (χ1) is 9.89. The number of hydrogen-bond donors (Lipinski definition) is 2. The van der Waals surface area contributed by atoms with Gasteiger partial charge in [-0.25, -0.2) is 4.79 Å². The van der Waals surface area contributed by atoms with E-state index in [9.17, 15) is 4.79 Å². The van der Waals surface area contributed by atoms with Gasteiger partial charge in [-0.05, 0) is 58.1 Å². The highest BCUT2D eigenvalue weighted by atomic mass is 16.6. The van der Waals surface area contributed by atoms with Crippen LogP contribution in [0.15, 0.2) is 24.3 Å². The van der Waals surface area contributed by atoms with E-state index >= 15 is 0 Å². The number of hydrogen-bond acceptors (Lipinski definition) is 3. The number of para-hydroxylation sites is 2. The van der Waals surface area contributed by atoms with Gasteiger partial charge in [-0.15, -0.1) is 0 Å². The summed E-state index contributed by atoms with van der Waals surface area (Å²) in [5.74, 6) is 0.768. The van der Waals surface area contributed by atoms with Crippen LogP contribution in [0.3, 0.4) is 0 Å². The zero-order valence-corrected chi connectivity index (χ0v) is 13.4. The van der Waals surface area contributed by atoms with Gasteiger partial charge < -0.3 is 10.1 Å². The first-order valence-corrected chi connectivity index (χ1v) is 7.74. The van der Waals surface area contributed by atoms with Crippen LogP contribution in [0, 0.1) is 5.92 Å². The lowest BCUT2D eigenvalue weighted by Crippen LogP contribution is -2.28. The molecule has 116 valence electrons. The van der Waals surface area contributed by atoms with E-state index in [-0.39, 0.29) is 0 Å². The van der Waals surface area contributed by atoms with Crippen LogP contribution < -0.4 is 10.6 Å². The number of amides is 1. The van der Waals surface area contributed by atoms with Crippen molar-refractivity contribution in [1.29, 1.82) is 0 Å². The summed E-state index contributed by atoms with van der Waals surface area (Å²) in [5, 5.41) is 6.39. The third-order valence-corrected chi connectivity index (χ3v) is 3.53. The van der Waals surface area contributed by atoms with Crippen molar-refractivity contribution in [2.24, 2.45) is 5.92 Å². The van der Waals surface area contributed by atoms with Gasteiger partial charge in [0.25, 0.3) is 0 Å². The van der Waals surface area contributed by atoms with Crippen molar-refractivity contribution in [3.63, 3.8) is 0 Å². The van der Waals surface area contributed by atoms with Gasteiger partial charge in [0.2, 0.25) is 0 Å². The number of rotatable bonds is 5. The average Bonchev–Trinajstić information content (AvgIpc) is 3.19.